The van der Waals surface area contributed by atoms with E-state index in [1.807, 2.05) is 0 Å². The molecule has 34 heavy (non-hydrogen) atoms. The van der Waals surface area contributed by atoms with Crippen LogP contribution in [0.2, 0.25) is 18.1 Å². The van der Waals surface area contributed by atoms with Gasteiger partial charge in [0.2, 0.25) is 6.34 Å². The molecule has 0 aromatic heterocycles. The van der Waals surface area contributed by atoms with Gasteiger partial charge in [0.15, 0.2) is 8.32 Å². The Morgan fingerprint density at radius 3 is 2.03 bits per heavy atom. The first kappa shape index (κ1) is 26.7. The van der Waals surface area contributed by atoms with E-state index < -0.39 is 8.32 Å². The Balaban J connectivity index is 1.94. The van der Waals surface area contributed by atoms with E-state index in [-0.39, 0.29) is 5.04 Å². The van der Waals surface area contributed by atoms with Crippen molar-refractivity contribution < 1.29 is 9.00 Å². The summed E-state index contributed by atoms with van der Waals surface area (Å²) >= 11 is 0. The van der Waals surface area contributed by atoms with E-state index in [2.05, 4.69) is 126 Å². The first-order valence-corrected chi connectivity index (χ1v) is 16.0. The van der Waals surface area contributed by atoms with Crippen LogP contribution in [-0.2, 0) is 10.8 Å². The number of anilines is 1. The Bertz CT molecular complexity index is 947. The summed E-state index contributed by atoms with van der Waals surface area (Å²) in [6, 6.07) is 18.1. The molecule has 0 unspecified atom stereocenters. The van der Waals surface area contributed by atoms with E-state index in [1.54, 1.807) is 0 Å². The Morgan fingerprint density at radius 2 is 1.50 bits per heavy atom. The van der Waals surface area contributed by atoms with Crippen LogP contribution in [0.25, 0.3) is 0 Å². The number of nitrogens with zero attached hydrogens (tertiary/aromatic N) is 2. The highest BCUT2D eigenvalue weighted by atomic mass is 28.4. The zero-order valence-electron chi connectivity index (χ0n) is 23.1. The summed E-state index contributed by atoms with van der Waals surface area (Å²) in [7, 11) is -1.82. The zero-order chi connectivity index (χ0) is 25.1. The summed E-state index contributed by atoms with van der Waals surface area (Å²) in [6.45, 7) is 23.8. The second-order valence-corrected chi connectivity index (χ2v) is 16.9. The van der Waals surface area contributed by atoms with Crippen molar-refractivity contribution in [1.82, 2.24) is 0 Å². The van der Waals surface area contributed by atoms with Crippen molar-refractivity contribution in [2.75, 3.05) is 24.6 Å². The number of para-hydroxylation sites is 1. The van der Waals surface area contributed by atoms with Gasteiger partial charge in [0.1, 0.15) is 24.8 Å². The van der Waals surface area contributed by atoms with Crippen LogP contribution in [0.15, 0.2) is 48.5 Å². The molecular weight excluding hydrogens is 432 g/mol. The van der Waals surface area contributed by atoms with Crippen molar-refractivity contribution in [3.8, 4) is 0 Å². The standard InChI is InChI=1S/C30H47N2OSi/c1-23(2)27-16-13-17-28(24(3)4)29(27)32-19-18-31(22-32)26(20-25-14-11-10-12-15-25)21-33-34(8,9)30(5,6)7/h10-17,22-24,26H,18-21H2,1-9H3/q+1/t26-/m0/s1. The Labute approximate surface area is 210 Å². The average Bonchev–Trinajstić information content (AvgIpc) is 3.25. The van der Waals surface area contributed by atoms with Crippen molar-refractivity contribution >= 4 is 20.3 Å². The maximum atomic E-state index is 6.76. The highest BCUT2D eigenvalue weighted by Crippen LogP contribution is 2.37. The minimum absolute atomic E-state index is 0.216. The Kier molecular flexibility index (Phi) is 8.46. The molecule has 1 aliphatic rings. The van der Waals surface area contributed by atoms with Gasteiger partial charge >= 0.3 is 0 Å². The van der Waals surface area contributed by atoms with Crippen molar-refractivity contribution in [3.05, 3.63) is 65.2 Å². The number of benzene rings is 2. The van der Waals surface area contributed by atoms with Crippen molar-refractivity contribution in [3.63, 3.8) is 0 Å². The van der Waals surface area contributed by atoms with Crippen LogP contribution in [0.3, 0.4) is 0 Å². The molecule has 4 heteroatoms. The molecule has 0 spiro atoms. The number of hydrogen-bond donors (Lipinski definition) is 0. The fourth-order valence-electron chi connectivity index (χ4n) is 4.49. The van der Waals surface area contributed by atoms with Crippen LogP contribution in [-0.4, -0.2) is 45.0 Å². The Morgan fingerprint density at radius 1 is 0.912 bits per heavy atom. The summed E-state index contributed by atoms with van der Waals surface area (Å²) < 4.78 is 9.31. The van der Waals surface area contributed by atoms with Crippen molar-refractivity contribution in [2.24, 2.45) is 0 Å². The smallest absolute Gasteiger partial charge is 0.239 e. The predicted octanol–water partition coefficient (Wildman–Crippen LogP) is 7.43. The summed E-state index contributed by atoms with van der Waals surface area (Å²) in [5.74, 6) is 0.997. The normalized spacial score (nSPS) is 15.9. The van der Waals surface area contributed by atoms with Gasteiger partial charge in [-0.2, -0.15) is 0 Å². The van der Waals surface area contributed by atoms with Gasteiger partial charge < -0.3 is 4.43 Å². The van der Waals surface area contributed by atoms with Crippen LogP contribution < -0.4 is 4.90 Å². The number of hydrogen-bond acceptors (Lipinski definition) is 2. The molecule has 0 saturated heterocycles. The molecule has 0 amide bonds. The summed E-state index contributed by atoms with van der Waals surface area (Å²) in [5, 5.41) is 0.216. The molecule has 0 aliphatic carbocycles. The van der Waals surface area contributed by atoms with E-state index in [1.165, 1.54) is 22.4 Å². The van der Waals surface area contributed by atoms with E-state index in [4.69, 9.17) is 4.43 Å². The molecule has 0 N–H and O–H groups in total. The third-order valence-electron chi connectivity index (χ3n) is 7.74. The van der Waals surface area contributed by atoms with Gasteiger partial charge in [-0.05, 0) is 35.5 Å². The molecular formula is C30H47N2OSi+. The molecule has 2 aromatic rings. The van der Waals surface area contributed by atoms with E-state index in [0.717, 1.165) is 26.1 Å². The second-order valence-electron chi connectivity index (χ2n) is 12.1. The minimum Gasteiger partial charge on any atom is -0.413 e. The highest BCUT2D eigenvalue weighted by molar-refractivity contribution is 6.74. The van der Waals surface area contributed by atoms with Gasteiger partial charge in [0.25, 0.3) is 0 Å². The summed E-state index contributed by atoms with van der Waals surface area (Å²) in [6.07, 6.45) is 3.39. The number of rotatable bonds is 9. The van der Waals surface area contributed by atoms with Crippen LogP contribution in [0.1, 0.15) is 77.0 Å². The lowest BCUT2D eigenvalue weighted by Gasteiger charge is -2.37. The molecule has 1 heterocycles. The molecule has 0 radical (unpaired) electrons. The molecule has 1 atom stereocenters. The monoisotopic (exact) mass is 479 g/mol. The highest BCUT2D eigenvalue weighted by Gasteiger charge is 2.39. The molecule has 0 bridgehead atoms. The van der Waals surface area contributed by atoms with Gasteiger partial charge in [-0.1, -0.05) is 97.0 Å². The molecule has 3 nitrogen and oxygen atoms in total. The predicted molar refractivity (Wildman–Crippen MR) is 150 cm³/mol. The molecule has 0 saturated carbocycles. The molecule has 2 aromatic carbocycles. The average molecular weight is 480 g/mol. The van der Waals surface area contributed by atoms with Crippen molar-refractivity contribution in [2.45, 2.75) is 90.9 Å². The molecule has 186 valence electrons. The van der Waals surface area contributed by atoms with Crippen molar-refractivity contribution in [1.29, 1.82) is 0 Å². The zero-order valence-corrected chi connectivity index (χ0v) is 24.1. The summed E-state index contributed by atoms with van der Waals surface area (Å²) in [5.41, 5.74) is 5.69. The van der Waals surface area contributed by atoms with Crippen LogP contribution >= 0.6 is 0 Å². The van der Waals surface area contributed by atoms with Gasteiger partial charge in [0.05, 0.1) is 6.61 Å². The third-order valence-corrected chi connectivity index (χ3v) is 12.2. The summed E-state index contributed by atoms with van der Waals surface area (Å²) in [4.78, 5) is 2.51. The van der Waals surface area contributed by atoms with Crippen LogP contribution in [0.4, 0.5) is 5.69 Å². The molecule has 3 rings (SSSR count). The quantitative estimate of drug-likeness (QED) is 0.274. The largest absolute Gasteiger partial charge is 0.413 e. The van der Waals surface area contributed by atoms with E-state index in [0.29, 0.717) is 17.9 Å². The lowest BCUT2D eigenvalue weighted by atomic mass is 9.92. The maximum Gasteiger partial charge on any atom is 0.239 e. The van der Waals surface area contributed by atoms with E-state index >= 15 is 0 Å². The second kappa shape index (κ2) is 10.8. The van der Waals surface area contributed by atoms with Gasteiger partial charge in [0, 0.05) is 17.5 Å². The topological polar surface area (TPSA) is 15.5 Å². The fraction of sp³-hybridized carbons (Fsp3) is 0.567. The lowest BCUT2D eigenvalue weighted by molar-refractivity contribution is -0.555. The lowest BCUT2D eigenvalue weighted by Crippen LogP contribution is -2.45. The molecule has 1 aliphatic heterocycles. The molecule has 0 fully saturated rings. The van der Waals surface area contributed by atoms with Gasteiger partial charge in [-0.25, -0.2) is 4.90 Å². The maximum absolute atomic E-state index is 6.76. The van der Waals surface area contributed by atoms with Crippen LogP contribution in [0, 0.1) is 0 Å². The fourth-order valence-corrected chi connectivity index (χ4v) is 5.53. The van der Waals surface area contributed by atoms with Crippen LogP contribution in [0.5, 0.6) is 0 Å². The first-order valence-electron chi connectivity index (χ1n) is 13.1. The van der Waals surface area contributed by atoms with E-state index in [9.17, 15) is 0 Å². The van der Waals surface area contributed by atoms with Gasteiger partial charge in [-0.3, -0.25) is 4.58 Å². The first-order chi connectivity index (χ1) is 15.9. The third kappa shape index (κ3) is 6.20. The SMILES string of the molecule is CC(C)c1cccc(C(C)C)c1N1C=[N+]([C@H](CO[Si](C)(C)C(C)(C)C)Cc2ccccc2)CC1. The van der Waals surface area contributed by atoms with Gasteiger partial charge in [-0.15, -0.1) is 0 Å². The Hall–Kier alpha value is -1.91. The minimum atomic E-state index is -1.82.